The number of methoxy groups -OCH3 is 2. The molecule has 4 nitrogen and oxygen atoms in total. The smallest absolute Gasteiger partial charge is 0.198 e. The predicted molar refractivity (Wildman–Crippen MR) is 86.8 cm³/mol. The lowest BCUT2D eigenvalue weighted by molar-refractivity contribution is 0.0975. The minimum Gasteiger partial charge on any atom is -0.497 e. The van der Waals surface area contributed by atoms with Crippen LogP contribution >= 0.6 is 0 Å². The third kappa shape index (κ3) is 2.31. The first-order chi connectivity index (χ1) is 11.1. The van der Waals surface area contributed by atoms with Gasteiger partial charge in [0.05, 0.1) is 19.8 Å². The standard InChI is InChI=1S/C19H18O4/c1-4-6-11-9-12(22-2)10-14-16(11)19(21)17-13(18(14)20)7-5-8-15(17)23-3/h5,7-10H,4,6H2,1-3H3. The van der Waals surface area contributed by atoms with Gasteiger partial charge in [-0.15, -0.1) is 0 Å². The van der Waals surface area contributed by atoms with E-state index in [2.05, 4.69) is 0 Å². The van der Waals surface area contributed by atoms with Crippen LogP contribution in [0.3, 0.4) is 0 Å². The van der Waals surface area contributed by atoms with Crippen LogP contribution < -0.4 is 9.47 Å². The van der Waals surface area contributed by atoms with Crippen molar-refractivity contribution in [2.24, 2.45) is 0 Å². The second-order valence-corrected chi connectivity index (χ2v) is 5.50. The van der Waals surface area contributed by atoms with Crippen molar-refractivity contribution in [2.45, 2.75) is 19.8 Å². The molecule has 0 atom stereocenters. The highest BCUT2D eigenvalue weighted by atomic mass is 16.5. The maximum absolute atomic E-state index is 13.1. The minimum absolute atomic E-state index is 0.154. The first kappa shape index (κ1) is 15.3. The summed E-state index contributed by atoms with van der Waals surface area (Å²) >= 11 is 0. The Bertz CT molecular complexity index is 805. The SMILES string of the molecule is CCCc1cc(OC)cc2c1C(=O)c1c(OC)cccc1C2=O. The lowest BCUT2D eigenvalue weighted by atomic mass is 9.80. The van der Waals surface area contributed by atoms with E-state index in [1.807, 2.05) is 13.0 Å². The van der Waals surface area contributed by atoms with Crippen LogP contribution in [0.4, 0.5) is 0 Å². The van der Waals surface area contributed by atoms with Gasteiger partial charge in [0, 0.05) is 16.7 Å². The summed E-state index contributed by atoms with van der Waals surface area (Å²) < 4.78 is 10.6. The highest BCUT2D eigenvalue weighted by Crippen LogP contribution is 2.36. The van der Waals surface area contributed by atoms with E-state index in [0.717, 1.165) is 12.0 Å². The van der Waals surface area contributed by atoms with E-state index in [9.17, 15) is 9.59 Å². The van der Waals surface area contributed by atoms with E-state index in [0.29, 0.717) is 40.2 Å². The summed E-state index contributed by atoms with van der Waals surface area (Å²) in [4.78, 5) is 25.9. The number of carbonyl (C=O) groups is 2. The van der Waals surface area contributed by atoms with Crippen molar-refractivity contribution in [2.75, 3.05) is 14.2 Å². The van der Waals surface area contributed by atoms with Gasteiger partial charge in [-0.25, -0.2) is 0 Å². The number of benzene rings is 2. The van der Waals surface area contributed by atoms with Crippen molar-refractivity contribution < 1.29 is 19.1 Å². The topological polar surface area (TPSA) is 52.6 Å². The molecule has 0 unspecified atom stereocenters. The summed E-state index contributed by atoms with van der Waals surface area (Å²) in [5.41, 5.74) is 2.48. The van der Waals surface area contributed by atoms with Crippen molar-refractivity contribution in [1.82, 2.24) is 0 Å². The van der Waals surface area contributed by atoms with E-state index in [1.54, 1.807) is 31.4 Å². The molecular formula is C19H18O4. The first-order valence-corrected chi connectivity index (χ1v) is 7.59. The van der Waals surface area contributed by atoms with Gasteiger partial charge in [-0.3, -0.25) is 9.59 Å². The number of ether oxygens (including phenoxy) is 2. The molecule has 2 aromatic carbocycles. The van der Waals surface area contributed by atoms with Gasteiger partial charge in [-0.1, -0.05) is 25.5 Å². The van der Waals surface area contributed by atoms with Crippen molar-refractivity contribution in [3.05, 3.63) is 58.1 Å². The van der Waals surface area contributed by atoms with Crippen molar-refractivity contribution in [3.63, 3.8) is 0 Å². The average Bonchev–Trinajstić information content (AvgIpc) is 2.58. The molecule has 1 aliphatic carbocycles. The van der Waals surface area contributed by atoms with E-state index >= 15 is 0 Å². The second-order valence-electron chi connectivity index (χ2n) is 5.50. The molecule has 0 heterocycles. The van der Waals surface area contributed by atoms with Crippen LogP contribution in [0, 0.1) is 0 Å². The maximum atomic E-state index is 13.1. The molecule has 118 valence electrons. The monoisotopic (exact) mass is 310 g/mol. The van der Waals surface area contributed by atoms with Crippen LogP contribution in [-0.2, 0) is 6.42 Å². The zero-order valence-electron chi connectivity index (χ0n) is 13.4. The fraction of sp³-hybridized carbons (Fsp3) is 0.263. The quantitative estimate of drug-likeness (QED) is 0.741. The van der Waals surface area contributed by atoms with Gasteiger partial charge in [0.2, 0.25) is 0 Å². The summed E-state index contributed by atoms with van der Waals surface area (Å²) in [6.07, 6.45) is 1.59. The Balaban J connectivity index is 2.30. The number of hydrogen-bond donors (Lipinski definition) is 0. The van der Waals surface area contributed by atoms with E-state index < -0.39 is 0 Å². The highest BCUT2D eigenvalue weighted by molar-refractivity contribution is 6.30. The Morgan fingerprint density at radius 3 is 2.35 bits per heavy atom. The lowest BCUT2D eigenvalue weighted by Crippen LogP contribution is -2.23. The molecule has 0 radical (unpaired) electrons. The number of fused-ring (bicyclic) bond motifs is 2. The third-order valence-electron chi connectivity index (χ3n) is 4.14. The lowest BCUT2D eigenvalue weighted by Gasteiger charge is -2.22. The molecule has 0 saturated carbocycles. The number of hydrogen-bond acceptors (Lipinski definition) is 4. The Hall–Kier alpha value is -2.62. The van der Waals surface area contributed by atoms with E-state index in [1.165, 1.54) is 7.11 Å². The van der Waals surface area contributed by atoms with Crippen molar-refractivity contribution in [3.8, 4) is 11.5 Å². The molecule has 0 amide bonds. The molecule has 0 saturated heterocycles. The van der Waals surface area contributed by atoms with Gasteiger partial charge >= 0.3 is 0 Å². The number of rotatable bonds is 4. The Morgan fingerprint density at radius 2 is 1.70 bits per heavy atom. The molecule has 3 rings (SSSR count). The number of aryl methyl sites for hydroxylation is 1. The first-order valence-electron chi connectivity index (χ1n) is 7.59. The van der Waals surface area contributed by atoms with Crippen LogP contribution in [-0.4, -0.2) is 25.8 Å². The summed E-state index contributed by atoms with van der Waals surface area (Å²) in [5, 5.41) is 0. The van der Waals surface area contributed by atoms with Gasteiger partial charge in [0.1, 0.15) is 11.5 Å². The van der Waals surface area contributed by atoms with Crippen LogP contribution in [0.1, 0.15) is 50.8 Å². The van der Waals surface area contributed by atoms with Gasteiger partial charge in [0.25, 0.3) is 0 Å². The number of carbonyl (C=O) groups excluding carboxylic acids is 2. The molecule has 23 heavy (non-hydrogen) atoms. The zero-order chi connectivity index (χ0) is 16.6. The summed E-state index contributed by atoms with van der Waals surface area (Å²) in [5.74, 6) is 0.715. The fourth-order valence-electron chi connectivity index (χ4n) is 3.10. The van der Waals surface area contributed by atoms with Gasteiger partial charge < -0.3 is 9.47 Å². The molecule has 0 N–H and O–H groups in total. The molecule has 4 heteroatoms. The molecule has 0 fully saturated rings. The molecule has 0 bridgehead atoms. The van der Waals surface area contributed by atoms with Crippen molar-refractivity contribution >= 4 is 11.6 Å². The Kier molecular flexibility index (Phi) is 3.90. The van der Waals surface area contributed by atoms with Gasteiger partial charge in [-0.2, -0.15) is 0 Å². The van der Waals surface area contributed by atoms with E-state index in [-0.39, 0.29) is 11.6 Å². The predicted octanol–water partition coefficient (Wildman–Crippen LogP) is 3.43. The third-order valence-corrected chi connectivity index (χ3v) is 4.14. The molecule has 1 aliphatic rings. The van der Waals surface area contributed by atoms with E-state index in [4.69, 9.17) is 9.47 Å². The summed E-state index contributed by atoms with van der Waals surface area (Å²) in [6.45, 7) is 2.04. The van der Waals surface area contributed by atoms with Crippen molar-refractivity contribution in [1.29, 1.82) is 0 Å². The van der Waals surface area contributed by atoms with Crippen LogP contribution in [0.5, 0.6) is 11.5 Å². The number of ketones is 2. The molecule has 0 aliphatic heterocycles. The van der Waals surface area contributed by atoms with Gasteiger partial charge in [-0.05, 0) is 30.2 Å². The van der Waals surface area contributed by atoms with Crippen LogP contribution in [0.2, 0.25) is 0 Å². The minimum atomic E-state index is -0.162. The van der Waals surface area contributed by atoms with Crippen LogP contribution in [0.15, 0.2) is 30.3 Å². The Labute approximate surface area is 135 Å². The van der Waals surface area contributed by atoms with Gasteiger partial charge in [0.15, 0.2) is 11.6 Å². The maximum Gasteiger partial charge on any atom is 0.198 e. The second kappa shape index (κ2) is 5.88. The molecule has 0 spiro atoms. The average molecular weight is 310 g/mol. The Morgan fingerprint density at radius 1 is 0.913 bits per heavy atom. The normalized spacial score (nSPS) is 12.7. The summed E-state index contributed by atoms with van der Waals surface area (Å²) in [6, 6.07) is 8.59. The molecular weight excluding hydrogens is 292 g/mol. The van der Waals surface area contributed by atoms with Crippen LogP contribution in [0.25, 0.3) is 0 Å². The summed E-state index contributed by atoms with van der Waals surface area (Å²) in [7, 11) is 3.06. The fourth-order valence-corrected chi connectivity index (χ4v) is 3.10. The largest absolute Gasteiger partial charge is 0.497 e. The zero-order valence-corrected chi connectivity index (χ0v) is 13.4. The highest BCUT2D eigenvalue weighted by Gasteiger charge is 2.34. The molecule has 2 aromatic rings. The molecule has 0 aromatic heterocycles.